The molecular weight excluding hydrogens is 378 g/mol. The summed E-state index contributed by atoms with van der Waals surface area (Å²) in [5.74, 6) is -0.673. The van der Waals surface area contributed by atoms with Crippen LogP contribution >= 0.6 is 11.3 Å². The molecule has 0 aliphatic rings. The van der Waals surface area contributed by atoms with Gasteiger partial charge in [-0.05, 0) is 32.8 Å². The van der Waals surface area contributed by atoms with Gasteiger partial charge in [0.2, 0.25) is 5.91 Å². The van der Waals surface area contributed by atoms with Crippen molar-refractivity contribution in [3.8, 4) is 0 Å². The third kappa shape index (κ3) is 5.41. The average Bonchev–Trinajstić information content (AvgIpc) is 2.99. The molecule has 8 heteroatoms. The highest BCUT2D eigenvalue weighted by Crippen LogP contribution is 2.27. The molecule has 0 aliphatic carbocycles. The van der Waals surface area contributed by atoms with Gasteiger partial charge >= 0.3 is 5.97 Å². The third-order valence-electron chi connectivity index (χ3n) is 4.59. The molecule has 1 N–H and O–H groups in total. The summed E-state index contributed by atoms with van der Waals surface area (Å²) in [6.07, 6.45) is 6.91. The van der Waals surface area contributed by atoms with Crippen LogP contribution in [0.3, 0.4) is 0 Å². The first-order chi connectivity index (χ1) is 13.4. The molecule has 0 unspecified atom stereocenters. The Morgan fingerprint density at radius 2 is 2.04 bits per heavy atom. The summed E-state index contributed by atoms with van der Waals surface area (Å²) in [4.78, 5) is 42.3. The van der Waals surface area contributed by atoms with Crippen molar-refractivity contribution in [1.29, 1.82) is 0 Å². The zero-order chi connectivity index (χ0) is 20.7. The number of esters is 1. The molecule has 2 aromatic heterocycles. The molecule has 2 rings (SSSR count). The highest BCUT2D eigenvalue weighted by Gasteiger charge is 2.21. The molecule has 28 heavy (non-hydrogen) atoms. The lowest BCUT2D eigenvalue weighted by atomic mass is 10.1. The van der Waals surface area contributed by atoms with Crippen LogP contribution in [0.25, 0.3) is 10.2 Å². The molecule has 0 fully saturated rings. The van der Waals surface area contributed by atoms with E-state index in [1.807, 2.05) is 6.92 Å². The van der Waals surface area contributed by atoms with Gasteiger partial charge in [0.15, 0.2) is 0 Å². The van der Waals surface area contributed by atoms with Gasteiger partial charge in [-0.1, -0.05) is 32.6 Å². The molecule has 1 atom stereocenters. The van der Waals surface area contributed by atoms with Gasteiger partial charge in [-0.3, -0.25) is 14.2 Å². The number of aryl methyl sites for hydroxylation is 1. The Labute approximate surface area is 169 Å². The summed E-state index contributed by atoms with van der Waals surface area (Å²) in [6, 6.07) is 0.0649. The number of unbranched alkanes of at least 4 members (excludes halogenated alkanes) is 3. The van der Waals surface area contributed by atoms with Crippen LogP contribution in [0.4, 0.5) is 0 Å². The lowest BCUT2D eigenvalue weighted by molar-refractivity contribution is -0.122. The van der Waals surface area contributed by atoms with E-state index in [9.17, 15) is 14.4 Å². The SMILES string of the molecule is CCCCCC[C@@H](C)NC(=O)Cn1cnc2sc(C(=O)OCC)c(C)c2c1=O. The maximum absolute atomic E-state index is 12.8. The van der Waals surface area contributed by atoms with E-state index < -0.39 is 5.97 Å². The molecule has 0 aromatic carbocycles. The lowest BCUT2D eigenvalue weighted by Gasteiger charge is -2.14. The zero-order valence-electron chi connectivity index (χ0n) is 17.0. The molecular formula is C20H29N3O4S. The molecule has 0 radical (unpaired) electrons. The topological polar surface area (TPSA) is 90.3 Å². The van der Waals surface area contributed by atoms with Crippen molar-refractivity contribution in [2.24, 2.45) is 0 Å². The first-order valence-corrected chi connectivity index (χ1v) is 10.7. The highest BCUT2D eigenvalue weighted by molar-refractivity contribution is 7.20. The van der Waals surface area contributed by atoms with Crippen LogP contribution in [0, 0.1) is 6.92 Å². The fraction of sp³-hybridized carbons (Fsp3) is 0.600. The molecule has 1 amide bonds. The minimum absolute atomic E-state index is 0.0649. The summed E-state index contributed by atoms with van der Waals surface area (Å²) in [7, 11) is 0. The van der Waals surface area contributed by atoms with E-state index in [1.165, 1.54) is 23.7 Å². The predicted octanol–water partition coefficient (Wildman–Crippen LogP) is 3.42. The number of carbonyl (C=O) groups is 2. The number of amides is 1. The smallest absolute Gasteiger partial charge is 0.348 e. The van der Waals surface area contributed by atoms with E-state index in [0.29, 0.717) is 20.7 Å². The average molecular weight is 408 g/mol. The van der Waals surface area contributed by atoms with Gasteiger partial charge in [-0.25, -0.2) is 9.78 Å². The standard InChI is InChI=1S/C20H29N3O4S/c1-5-7-8-9-10-13(3)22-15(24)11-23-12-21-18-16(19(23)25)14(4)17(28-18)20(26)27-6-2/h12-13H,5-11H2,1-4H3,(H,22,24)/t13-/m1/s1. The molecule has 0 saturated carbocycles. The van der Waals surface area contributed by atoms with E-state index >= 15 is 0 Å². The Hall–Kier alpha value is -2.22. The Morgan fingerprint density at radius 3 is 2.71 bits per heavy atom. The van der Waals surface area contributed by atoms with Crippen molar-refractivity contribution in [2.45, 2.75) is 72.4 Å². The Kier molecular flexibility index (Phi) is 8.17. The van der Waals surface area contributed by atoms with Crippen LogP contribution in [-0.4, -0.2) is 34.1 Å². The minimum atomic E-state index is -0.455. The Balaban J connectivity index is 2.10. The number of ether oxygens (including phenoxy) is 1. The fourth-order valence-electron chi connectivity index (χ4n) is 3.09. The normalized spacial score (nSPS) is 12.1. The van der Waals surface area contributed by atoms with Crippen LogP contribution in [0.15, 0.2) is 11.1 Å². The molecule has 7 nitrogen and oxygen atoms in total. The monoisotopic (exact) mass is 407 g/mol. The number of aromatic nitrogens is 2. The highest BCUT2D eigenvalue weighted by atomic mass is 32.1. The number of nitrogens with one attached hydrogen (secondary N) is 1. The van der Waals surface area contributed by atoms with Gasteiger partial charge in [0.25, 0.3) is 5.56 Å². The van der Waals surface area contributed by atoms with Crippen molar-refractivity contribution in [3.63, 3.8) is 0 Å². The number of hydrogen-bond acceptors (Lipinski definition) is 6. The maximum atomic E-state index is 12.8. The fourth-order valence-corrected chi connectivity index (χ4v) is 4.12. The van der Waals surface area contributed by atoms with Crippen molar-refractivity contribution < 1.29 is 14.3 Å². The van der Waals surface area contributed by atoms with Crippen molar-refractivity contribution in [2.75, 3.05) is 6.61 Å². The minimum Gasteiger partial charge on any atom is -0.462 e. The van der Waals surface area contributed by atoms with Gasteiger partial charge < -0.3 is 10.1 Å². The Bertz CT molecular complexity index is 887. The molecule has 2 aromatic rings. The number of nitrogens with zero attached hydrogens (tertiary/aromatic N) is 2. The van der Waals surface area contributed by atoms with Gasteiger partial charge in [-0.15, -0.1) is 11.3 Å². The van der Waals surface area contributed by atoms with Crippen LogP contribution in [0.5, 0.6) is 0 Å². The third-order valence-corrected chi connectivity index (χ3v) is 5.77. The predicted molar refractivity (Wildman–Crippen MR) is 111 cm³/mol. The van der Waals surface area contributed by atoms with Crippen LogP contribution in [-0.2, 0) is 16.1 Å². The van der Waals surface area contributed by atoms with Gasteiger partial charge in [0.1, 0.15) is 16.3 Å². The van der Waals surface area contributed by atoms with Crippen LogP contribution < -0.4 is 10.9 Å². The van der Waals surface area contributed by atoms with Crippen LogP contribution in [0.1, 0.15) is 68.1 Å². The first kappa shape index (κ1) is 22.1. The second-order valence-corrected chi connectivity index (χ2v) is 7.95. The van der Waals surface area contributed by atoms with Gasteiger partial charge in [-0.2, -0.15) is 0 Å². The maximum Gasteiger partial charge on any atom is 0.348 e. The number of fused-ring (bicyclic) bond motifs is 1. The second kappa shape index (κ2) is 10.4. The molecule has 0 spiro atoms. The molecule has 0 saturated heterocycles. The summed E-state index contributed by atoms with van der Waals surface area (Å²) in [5.41, 5.74) is 0.232. The van der Waals surface area contributed by atoms with E-state index in [0.717, 1.165) is 30.6 Å². The summed E-state index contributed by atoms with van der Waals surface area (Å²) in [6.45, 7) is 7.75. The van der Waals surface area contributed by atoms with Crippen molar-refractivity contribution in [1.82, 2.24) is 14.9 Å². The zero-order valence-corrected chi connectivity index (χ0v) is 17.9. The van der Waals surface area contributed by atoms with Crippen molar-refractivity contribution in [3.05, 3.63) is 27.1 Å². The van der Waals surface area contributed by atoms with E-state index in [2.05, 4.69) is 17.2 Å². The summed E-state index contributed by atoms with van der Waals surface area (Å²) >= 11 is 1.14. The number of thiophene rings is 1. The van der Waals surface area contributed by atoms with E-state index in [4.69, 9.17) is 4.74 Å². The Morgan fingerprint density at radius 1 is 1.29 bits per heavy atom. The second-order valence-electron chi connectivity index (χ2n) is 6.95. The largest absolute Gasteiger partial charge is 0.462 e. The lowest BCUT2D eigenvalue weighted by Crippen LogP contribution is -2.37. The molecule has 154 valence electrons. The molecule has 2 heterocycles. The number of carbonyl (C=O) groups excluding carboxylic acids is 2. The van der Waals surface area contributed by atoms with Crippen molar-refractivity contribution >= 4 is 33.4 Å². The number of hydrogen-bond donors (Lipinski definition) is 1. The van der Waals surface area contributed by atoms with Crippen LogP contribution in [0.2, 0.25) is 0 Å². The summed E-state index contributed by atoms with van der Waals surface area (Å²) < 4.78 is 6.32. The molecule has 0 bridgehead atoms. The van der Waals surface area contributed by atoms with Gasteiger partial charge in [0, 0.05) is 6.04 Å². The summed E-state index contributed by atoms with van der Waals surface area (Å²) in [5, 5.41) is 3.31. The van der Waals surface area contributed by atoms with Gasteiger partial charge in [0.05, 0.1) is 18.3 Å². The molecule has 0 aliphatic heterocycles. The van der Waals surface area contributed by atoms with E-state index in [-0.39, 0.29) is 30.7 Å². The quantitative estimate of drug-likeness (QED) is 0.481. The number of rotatable bonds is 10. The first-order valence-electron chi connectivity index (χ1n) is 9.84. The van der Waals surface area contributed by atoms with E-state index in [1.54, 1.807) is 13.8 Å².